The second-order valence-electron chi connectivity index (χ2n) is 2.49. The third-order valence-electron chi connectivity index (χ3n) is 1.61. The van der Waals surface area contributed by atoms with E-state index in [1.54, 1.807) is 12.3 Å². The summed E-state index contributed by atoms with van der Waals surface area (Å²) in [4.78, 5) is 14.9. The quantitative estimate of drug-likeness (QED) is 0.731. The minimum Gasteiger partial charge on any atom is -0.383 e. The fourth-order valence-electron chi connectivity index (χ4n) is 1.01. The van der Waals surface area contributed by atoms with E-state index in [-0.39, 0.29) is 11.5 Å². The van der Waals surface area contributed by atoms with Gasteiger partial charge in [-0.15, -0.1) is 0 Å². The minimum atomic E-state index is -0.349. The fraction of sp³-hybridized carbons (Fsp3) is 0. The maximum Gasteiger partial charge on any atom is 0.354 e. The molecule has 0 fully saturated rings. The zero-order valence-corrected chi connectivity index (χ0v) is 7.49. The van der Waals surface area contributed by atoms with E-state index in [0.717, 1.165) is 5.69 Å². The summed E-state index contributed by atoms with van der Waals surface area (Å²) in [6.07, 6.45) is 1.62. The Morgan fingerprint density at radius 2 is 2.31 bits per heavy atom. The van der Waals surface area contributed by atoms with Crippen molar-refractivity contribution in [3.63, 3.8) is 0 Å². The zero-order chi connectivity index (χ0) is 9.26. The molecule has 0 aromatic carbocycles. The highest BCUT2D eigenvalue weighted by Crippen LogP contribution is 2.09. The average molecular weight is 193 g/mol. The van der Waals surface area contributed by atoms with Crippen LogP contribution in [0.1, 0.15) is 0 Å². The standard InChI is InChI=1S/C8H7N3OS/c9-7-1-3-11(8(12)10-7)6-2-4-13-5-6/h1-5H,(H2,9,10,12). The van der Waals surface area contributed by atoms with Gasteiger partial charge in [0.25, 0.3) is 0 Å². The lowest BCUT2D eigenvalue weighted by Gasteiger charge is -2.00. The predicted octanol–water partition coefficient (Wildman–Crippen LogP) is 0.876. The van der Waals surface area contributed by atoms with Gasteiger partial charge in [0.15, 0.2) is 0 Å². The van der Waals surface area contributed by atoms with Gasteiger partial charge in [0.1, 0.15) is 5.82 Å². The maximum absolute atomic E-state index is 11.3. The van der Waals surface area contributed by atoms with Crippen LogP contribution in [0, 0.1) is 0 Å². The van der Waals surface area contributed by atoms with Crippen LogP contribution in [0.5, 0.6) is 0 Å². The first-order valence-corrected chi connectivity index (χ1v) is 4.59. The topological polar surface area (TPSA) is 60.9 Å². The van der Waals surface area contributed by atoms with Crippen molar-refractivity contribution < 1.29 is 0 Å². The van der Waals surface area contributed by atoms with Crippen LogP contribution in [-0.4, -0.2) is 9.55 Å². The molecule has 2 aromatic heterocycles. The first kappa shape index (κ1) is 8.00. The molecule has 66 valence electrons. The number of nitrogens with zero attached hydrogens (tertiary/aromatic N) is 2. The number of hydrogen-bond donors (Lipinski definition) is 1. The molecule has 2 N–H and O–H groups in total. The summed E-state index contributed by atoms with van der Waals surface area (Å²) in [5, 5.41) is 3.78. The molecule has 5 heteroatoms. The minimum absolute atomic E-state index is 0.247. The van der Waals surface area contributed by atoms with Gasteiger partial charge in [0, 0.05) is 11.6 Å². The summed E-state index contributed by atoms with van der Waals surface area (Å²) in [5.74, 6) is 0.247. The van der Waals surface area contributed by atoms with Crippen LogP contribution in [0.25, 0.3) is 5.69 Å². The van der Waals surface area contributed by atoms with Crippen LogP contribution in [0.4, 0.5) is 5.82 Å². The first-order chi connectivity index (χ1) is 6.27. The Balaban J connectivity index is 2.60. The molecule has 2 heterocycles. The smallest absolute Gasteiger partial charge is 0.354 e. The summed E-state index contributed by atoms with van der Waals surface area (Å²) in [7, 11) is 0. The summed E-state index contributed by atoms with van der Waals surface area (Å²) in [6, 6.07) is 3.45. The van der Waals surface area contributed by atoms with Crippen LogP contribution in [0.15, 0.2) is 33.9 Å². The number of anilines is 1. The average Bonchev–Trinajstić information content (AvgIpc) is 2.56. The molecule has 0 saturated heterocycles. The molecule has 0 saturated carbocycles. The van der Waals surface area contributed by atoms with Crippen molar-refractivity contribution in [2.24, 2.45) is 0 Å². The normalized spacial score (nSPS) is 10.2. The molecule has 4 nitrogen and oxygen atoms in total. The van der Waals surface area contributed by atoms with Crippen molar-refractivity contribution in [2.45, 2.75) is 0 Å². The van der Waals surface area contributed by atoms with E-state index in [0.29, 0.717) is 0 Å². The zero-order valence-electron chi connectivity index (χ0n) is 6.68. The number of rotatable bonds is 1. The van der Waals surface area contributed by atoms with Gasteiger partial charge in [-0.2, -0.15) is 16.3 Å². The summed E-state index contributed by atoms with van der Waals surface area (Å²) < 4.78 is 1.45. The highest BCUT2D eigenvalue weighted by Gasteiger charge is 1.99. The molecule has 0 spiro atoms. The van der Waals surface area contributed by atoms with Crippen molar-refractivity contribution in [3.05, 3.63) is 39.6 Å². The fourth-order valence-corrected chi connectivity index (χ4v) is 1.64. The van der Waals surface area contributed by atoms with E-state index in [4.69, 9.17) is 5.73 Å². The molecular weight excluding hydrogens is 186 g/mol. The molecule has 0 atom stereocenters. The van der Waals surface area contributed by atoms with Gasteiger partial charge in [0.05, 0.1) is 5.69 Å². The van der Waals surface area contributed by atoms with Crippen LogP contribution in [0.3, 0.4) is 0 Å². The highest BCUT2D eigenvalue weighted by molar-refractivity contribution is 7.08. The van der Waals surface area contributed by atoms with Crippen molar-refractivity contribution in [3.8, 4) is 5.69 Å². The Kier molecular flexibility index (Phi) is 1.86. The molecule has 0 amide bonds. The summed E-state index contributed by atoms with van der Waals surface area (Å²) in [6.45, 7) is 0. The Morgan fingerprint density at radius 3 is 2.92 bits per heavy atom. The summed E-state index contributed by atoms with van der Waals surface area (Å²) >= 11 is 1.53. The van der Waals surface area contributed by atoms with Gasteiger partial charge in [-0.25, -0.2) is 4.79 Å². The van der Waals surface area contributed by atoms with E-state index in [1.165, 1.54) is 15.9 Å². The third-order valence-corrected chi connectivity index (χ3v) is 2.28. The molecule has 0 bridgehead atoms. The molecule has 13 heavy (non-hydrogen) atoms. The lowest BCUT2D eigenvalue weighted by atomic mass is 10.5. The van der Waals surface area contributed by atoms with Crippen LogP contribution in [0.2, 0.25) is 0 Å². The monoisotopic (exact) mass is 193 g/mol. The Labute approximate surface area is 78.3 Å². The van der Waals surface area contributed by atoms with Crippen molar-refractivity contribution >= 4 is 17.2 Å². The van der Waals surface area contributed by atoms with E-state index < -0.39 is 0 Å². The maximum atomic E-state index is 11.3. The second-order valence-corrected chi connectivity index (χ2v) is 3.27. The molecule has 0 radical (unpaired) electrons. The molecule has 0 aliphatic heterocycles. The van der Waals surface area contributed by atoms with Gasteiger partial charge in [-0.3, -0.25) is 4.57 Å². The number of nitrogens with two attached hydrogens (primary N) is 1. The number of hydrogen-bond acceptors (Lipinski definition) is 4. The molecule has 2 rings (SSSR count). The first-order valence-electron chi connectivity index (χ1n) is 3.65. The van der Waals surface area contributed by atoms with Gasteiger partial charge in [0.2, 0.25) is 0 Å². The number of nitrogen functional groups attached to an aromatic ring is 1. The van der Waals surface area contributed by atoms with Gasteiger partial charge >= 0.3 is 5.69 Å². The lowest BCUT2D eigenvalue weighted by Crippen LogP contribution is -2.20. The number of aromatic nitrogens is 2. The molecule has 2 aromatic rings. The van der Waals surface area contributed by atoms with Gasteiger partial charge in [-0.1, -0.05) is 0 Å². The second kappa shape index (κ2) is 3.02. The van der Waals surface area contributed by atoms with Gasteiger partial charge < -0.3 is 5.73 Å². The molecule has 0 aliphatic carbocycles. The van der Waals surface area contributed by atoms with E-state index >= 15 is 0 Å². The van der Waals surface area contributed by atoms with Crippen LogP contribution in [-0.2, 0) is 0 Å². The molecular formula is C8H7N3OS. The summed E-state index contributed by atoms with van der Waals surface area (Å²) in [5.41, 5.74) is 5.83. The van der Waals surface area contributed by atoms with Crippen molar-refractivity contribution in [2.75, 3.05) is 5.73 Å². The van der Waals surface area contributed by atoms with E-state index in [2.05, 4.69) is 4.98 Å². The molecule has 0 aliphatic rings. The van der Waals surface area contributed by atoms with Crippen LogP contribution >= 0.6 is 11.3 Å². The largest absolute Gasteiger partial charge is 0.383 e. The lowest BCUT2D eigenvalue weighted by molar-refractivity contribution is 0.924. The van der Waals surface area contributed by atoms with Crippen LogP contribution < -0.4 is 11.4 Å². The van der Waals surface area contributed by atoms with Crippen molar-refractivity contribution in [1.82, 2.24) is 9.55 Å². The Hall–Kier alpha value is -1.62. The Morgan fingerprint density at radius 1 is 1.46 bits per heavy atom. The molecule has 0 unspecified atom stereocenters. The van der Waals surface area contributed by atoms with Crippen molar-refractivity contribution in [1.29, 1.82) is 0 Å². The van der Waals surface area contributed by atoms with Gasteiger partial charge in [-0.05, 0) is 17.5 Å². The highest BCUT2D eigenvalue weighted by atomic mass is 32.1. The Bertz CT molecular complexity index is 460. The number of thiophene rings is 1. The third kappa shape index (κ3) is 1.46. The van der Waals surface area contributed by atoms with E-state index in [9.17, 15) is 4.79 Å². The van der Waals surface area contributed by atoms with E-state index in [1.807, 2.05) is 16.8 Å². The predicted molar refractivity (Wildman–Crippen MR) is 52.1 cm³/mol. The SMILES string of the molecule is Nc1ccn(-c2ccsc2)c(=O)n1.